The molecule has 2 aromatic carbocycles. The second kappa shape index (κ2) is 12.1. The summed E-state index contributed by atoms with van der Waals surface area (Å²) in [6, 6.07) is 14.0. The van der Waals surface area contributed by atoms with Crippen LogP contribution in [-0.2, 0) is 22.7 Å². The van der Waals surface area contributed by atoms with E-state index in [-0.39, 0.29) is 29.6 Å². The van der Waals surface area contributed by atoms with Gasteiger partial charge < -0.3 is 18.6 Å². The SMILES string of the molecule is CCOc1cc(/C=C2/SC(=O)N(Cc3ccc(C(=O)OC)o3)C2=O)cc(I)c1OCc1ccccc1Cl. The Balaban J connectivity index is 1.53. The fourth-order valence-corrected chi connectivity index (χ4v) is 5.27. The Morgan fingerprint density at radius 3 is 2.68 bits per heavy atom. The number of carbonyl (C=O) groups is 3. The summed E-state index contributed by atoms with van der Waals surface area (Å²) in [7, 11) is 1.24. The Morgan fingerprint density at radius 1 is 1.16 bits per heavy atom. The van der Waals surface area contributed by atoms with Gasteiger partial charge in [-0.3, -0.25) is 14.5 Å². The third-order valence-electron chi connectivity index (χ3n) is 5.20. The number of thioether (sulfide) groups is 1. The zero-order valence-electron chi connectivity index (χ0n) is 19.8. The maximum atomic E-state index is 13.0. The number of nitrogens with zero attached hydrogens (tertiary/aromatic N) is 1. The molecule has 0 spiro atoms. The first-order valence-corrected chi connectivity index (χ1v) is 13.3. The molecule has 2 heterocycles. The van der Waals surface area contributed by atoms with E-state index in [1.165, 1.54) is 19.2 Å². The molecule has 2 amide bonds. The number of imide groups is 1. The van der Waals surface area contributed by atoms with Gasteiger partial charge in [0, 0.05) is 10.6 Å². The average Bonchev–Trinajstić information content (AvgIpc) is 3.44. The first-order chi connectivity index (χ1) is 17.8. The normalized spacial score (nSPS) is 14.4. The van der Waals surface area contributed by atoms with Crippen molar-refractivity contribution in [3.8, 4) is 11.5 Å². The molecule has 0 bridgehead atoms. The number of hydrogen-bond donors (Lipinski definition) is 0. The number of rotatable bonds is 9. The first-order valence-electron chi connectivity index (χ1n) is 11.1. The van der Waals surface area contributed by atoms with Crippen molar-refractivity contribution >= 4 is 69.1 Å². The summed E-state index contributed by atoms with van der Waals surface area (Å²) in [5, 5.41) is 0.172. The van der Waals surface area contributed by atoms with E-state index in [2.05, 4.69) is 27.3 Å². The number of amides is 2. The quantitative estimate of drug-likeness (QED) is 0.146. The number of furan rings is 1. The largest absolute Gasteiger partial charge is 0.490 e. The molecular formula is C26H21ClINO7S. The molecule has 0 unspecified atom stereocenters. The molecule has 0 atom stereocenters. The predicted molar refractivity (Wildman–Crippen MR) is 148 cm³/mol. The van der Waals surface area contributed by atoms with Crippen LogP contribution in [-0.4, -0.2) is 35.7 Å². The van der Waals surface area contributed by atoms with Crippen molar-refractivity contribution in [2.45, 2.75) is 20.1 Å². The minimum absolute atomic E-state index is 0.00473. The lowest BCUT2D eigenvalue weighted by molar-refractivity contribution is -0.123. The first kappa shape index (κ1) is 27.1. The zero-order chi connectivity index (χ0) is 26.5. The Labute approximate surface area is 236 Å². The number of benzene rings is 2. The molecule has 1 aliphatic rings. The molecule has 0 aliphatic carbocycles. The van der Waals surface area contributed by atoms with E-state index in [1.54, 1.807) is 18.2 Å². The highest BCUT2D eigenvalue weighted by molar-refractivity contribution is 14.1. The van der Waals surface area contributed by atoms with Gasteiger partial charge in [-0.05, 0) is 83.2 Å². The molecule has 0 radical (unpaired) electrons. The molecule has 37 heavy (non-hydrogen) atoms. The van der Waals surface area contributed by atoms with Crippen LogP contribution in [0.3, 0.4) is 0 Å². The monoisotopic (exact) mass is 653 g/mol. The van der Waals surface area contributed by atoms with E-state index in [1.807, 2.05) is 31.2 Å². The highest BCUT2D eigenvalue weighted by atomic mass is 127. The molecule has 11 heteroatoms. The van der Waals surface area contributed by atoms with Gasteiger partial charge in [-0.25, -0.2) is 4.79 Å². The van der Waals surface area contributed by atoms with Gasteiger partial charge in [0.1, 0.15) is 12.4 Å². The molecule has 3 aromatic rings. The topological polar surface area (TPSA) is 95.3 Å². The van der Waals surface area contributed by atoms with Crippen LogP contribution >= 0.6 is 46.0 Å². The van der Waals surface area contributed by atoms with Crippen LogP contribution in [0.4, 0.5) is 4.79 Å². The van der Waals surface area contributed by atoms with Crippen LogP contribution in [0.15, 0.2) is 57.9 Å². The number of carbonyl (C=O) groups excluding carboxylic acids is 3. The smallest absolute Gasteiger partial charge is 0.373 e. The highest BCUT2D eigenvalue weighted by Gasteiger charge is 2.36. The Kier molecular flexibility index (Phi) is 8.83. The average molecular weight is 654 g/mol. The minimum Gasteiger partial charge on any atom is -0.490 e. The Morgan fingerprint density at radius 2 is 1.95 bits per heavy atom. The van der Waals surface area contributed by atoms with Gasteiger partial charge in [0.25, 0.3) is 11.1 Å². The second-order valence-electron chi connectivity index (χ2n) is 7.67. The van der Waals surface area contributed by atoms with Gasteiger partial charge in [-0.15, -0.1) is 0 Å². The molecule has 1 aromatic heterocycles. The lowest BCUT2D eigenvalue weighted by atomic mass is 10.1. The second-order valence-corrected chi connectivity index (χ2v) is 10.2. The number of esters is 1. The van der Waals surface area contributed by atoms with Crippen molar-refractivity contribution in [3.05, 3.63) is 84.7 Å². The zero-order valence-corrected chi connectivity index (χ0v) is 23.5. The van der Waals surface area contributed by atoms with E-state index in [9.17, 15) is 14.4 Å². The summed E-state index contributed by atoms with van der Waals surface area (Å²) in [5.41, 5.74) is 1.52. The lowest BCUT2D eigenvalue weighted by Crippen LogP contribution is -2.27. The number of methoxy groups -OCH3 is 1. The van der Waals surface area contributed by atoms with Crippen LogP contribution in [0.25, 0.3) is 6.08 Å². The van der Waals surface area contributed by atoms with Crippen LogP contribution in [0.1, 0.15) is 34.4 Å². The molecule has 1 fully saturated rings. The minimum atomic E-state index is -0.640. The molecule has 0 saturated carbocycles. The molecule has 1 aliphatic heterocycles. The van der Waals surface area contributed by atoms with Crippen molar-refractivity contribution in [2.75, 3.05) is 13.7 Å². The fraction of sp³-hybridized carbons (Fsp3) is 0.192. The third-order valence-corrected chi connectivity index (χ3v) is 7.27. The van der Waals surface area contributed by atoms with Gasteiger partial charge in [-0.1, -0.05) is 29.8 Å². The fourth-order valence-electron chi connectivity index (χ4n) is 3.46. The van der Waals surface area contributed by atoms with Crippen molar-refractivity contribution in [1.82, 2.24) is 4.90 Å². The Hall–Kier alpha value is -2.96. The van der Waals surface area contributed by atoms with Crippen molar-refractivity contribution in [2.24, 2.45) is 0 Å². The summed E-state index contributed by atoms with van der Waals surface area (Å²) >= 11 is 9.22. The lowest BCUT2D eigenvalue weighted by Gasteiger charge is -2.15. The third kappa shape index (κ3) is 6.31. The van der Waals surface area contributed by atoms with Crippen LogP contribution in [0, 0.1) is 3.57 Å². The molecule has 192 valence electrons. The predicted octanol–water partition coefficient (Wildman–Crippen LogP) is 6.54. The Bertz CT molecular complexity index is 1390. The van der Waals surface area contributed by atoms with Crippen LogP contribution in [0.2, 0.25) is 5.02 Å². The molecule has 8 nitrogen and oxygen atoms in total. The maximum absolute atomic E-state index is 13.0. The van der Waals surface area contributed by atoms with Crippen molar-refractivity contribution in [3.63, 3.8) is 0 Å². The summed E-state index contributed by atoms with van der Waals surface area (Å²) in [6.45, 7) is 2.44. The summed E-state index contributed by atoms with van der Waals surface area (Å²) < 4.78 is 22.6. The number of hydrogen-bond acceptors (Lipinski definition) is 8. The highest BCUT2D eigenvalue weighted by Crippen LogP contribution is 2.38. The standard InChI is InChI=1S/C26H21ClINO7S/c1-3-34-21-11-15(10-19(28)23(21)35-14-16-6-4-5-7-18(16)27)12-22-24(30)29(26(32)37-22)13-17-8-9-20(36-17)25(31)33-2/h4-12H,3,13-14H2,1-2H3/b22-12+. The van der Waals surface area contributed by atoms with Gasteiger partial charge in [-0.2, -0.15) is 0 Å². The van der Waals surface area contributed by atoms with Crippen LogP contribution < -0.4 is 9.47 Å². The van der Waals surface area contributed by atoms with Gasteiger partial charge in [0.2, 0.25) is 5.76 Å². The van der Waals surface area contributed by atoms with Gasteiger partial charge in [0.05, 0.1) is 28.7 Å². The van der Waals surface area contributed by atoms with Crippen molar-refractivity contribution < 1.29 is 33.0 Å². The van der Waals surface area contributed by atoms with E-state index >= 15 is 0 Å². The molecule has 1 saturated heterocycles. The number of halogens is 2. The van der Waals surface area contributed by atoms with Crippen molar-refractivity contribution in [1.29, 1.82) is 0 Å². The van der Waals surface area contributed by atoms with Gasteiger partial charge >= 0.3 is 5.97 Å². The molecule has 0 N–H and O–H groups in total. The summed E-state index contributed by atoms with van der Waals surface area (Å²) in [4.78, 5) is 38.5. The van der Waals surface area contributed by atoms with E-state index in [4.69, 9.17) is 25.5 Å². The maximum Gasteiger partial charge on any atom is 0.373 e. The van der Waals surface area contributed by atoms with Gasteiger partial charge in [0.15, 0.2) is 11.5 Å². The molecule has 4 rings (SSSR count). The van der Waals surface area contributed by atoms with E-state index in [0.717, 1.165) is 25.8 Å². The van der Waals surface area contributed by atoms with E-state index in [0.29, 0.717) is 28.7 Å². The number of ether oxygens (including phenoxy) is 3. The summed E-state index contributed by atoms with van der Waals surface area (Å²) in [6.07, 6.45) is 1.63. The van der Waals surface area contributed by atoms with Crippen LogP contribution in [0.5, 0.6) is 11.5 Å². The molecular weight excluding hydrogens is 633 g/mol. The van der Waals surface area contributed by atoms with E-state index < -0.39 is 17.1 Å². The summed E-state index contributed by atoms with van der Waals surface area (Å²) in [5.74, 6) is 0.258.